The van der Waals surface area contributed by atoms with E-state index in [0.29, 0.717) is 25.3 Å². The van der Waals surface area contributed by atoms with Crippen molar-refractivity contribution in [3.8, 4) is 17.2 Å². The third-order valence-corrected chi connectivity index (χ3v) is 6.14. The lowest BCUT2D eigenvalue weighted by Crippen LogP contribution is -2.51. The van der Waals surface area contributed by atoms with Crippen molar-refractivity contribution in [2.24, 2.45) is 0 Å². The summed E-state index contributed by atoms with van der Waals surface area (Å²) in [4.78, 5) is 28.8. The number of benzene rings is 2. The number of para-hydroxylation sites is 1. The molecule has 2 aliphatic heterocycles. The molecule has 9 heteroatoms. The Balaban J connectivity index is 1.30. The zero-order valence-corrected chi connectivity index (χ0v) is 19.7. The molecule has 34 heavy (non-hydrogen) atoms. The number of fused-ring (bicyclic) bond motifs is 1. The van der Waals surface area contributed by atoms with Crippen molar-refractivity contribution in [3.05, 3.63) is 53.6 Å². The SMILES string of the molecule is CCC(NC(=O)N1CCN(Cc2ccc3c(c2)OCO3)CC1)c1ccccc1OCC(=O)NC. The van der Waals surface area contributed by atoms with Crippen LogP contribution in [0.3, 0.4) is 0 Å². The van der Waals surface area contributed by atoms with E-state index >= 15 is 0 Å². The van der Waals surface area contributed by atoms with Crippen LogP contribution in [0, 0.1) is 0 Å². The van der Waals surface area contributed by atoms with E-state index in [1.807, 2.05) is 48.2 Å². The Morgan fingerprint density at radius 1 is 1.06 bits per heavy atom. The number of hydrogen-bond donors (Lipinski definition) is 2. The molecule has 9 nitrogen and oxygen atoms in total. The lowest BCUT2D eigenvalue weighted by molar-refractivity contribution is -0.122. The van der Waals surface area contributed by atoms with E-state index in [1.165, 1.54) is 5.56 Å². The van der Waals surface area contributed by atoms with Crippen molar-refractivity contribution >= 4 is 11.9 Å². The summed E-state index contributed by atoms with van der Waals surface area (Å²) in [5.74, 6) is 1.98. The second kappa shape index (κ2) is 11.1. The first kappa shape index (κ1) is 23.7. The molecular weight excluding hydrogens is 436 g/mol. The van der Waals surface area contributed by atoms with Crippen molar-refractivity contribution in [3.63, 3.8) is 0 Å². The van der Waals surface area contributed by atoms with Gasteiger partial charge in [0.05, 0.1) is 6.04 Å². The predicted octanol–water partition coefficient (Wildman–Crippen LogP) is 2.52. The fraction of sp³-hybridized carbons (Fsp3) is 0.440. The maximum atomic E-state index is 13.0. The molecule has 4 rings (SSSR count). The molecule has 2 aromatic carbocycles. The maximum Gasteiger partial charge on any atom is 0.317 e. The lowest BCUT2D eigenvalue weighted by Gasteiger charge is -2.35. The van der Waals surface area contributed by atoms with E-state index in [9.17, 15) is 9.59 Å². The van der Waals surface area contributed by atoms with Gasteiger partial charge in [-0.05, 0) is 30.2 Å². The molecule has 2 N–H and O–H groups in total. The number of nitrogens with one attached hydrogen (secondary N) is 2. The van der Waals surface area contributed by atoms with Crippen LogP contribution in [0.5, 0.6) is 17.2 Å². The molecule has 2 aromatic rings. The molecule has 182 valence electrons. The second-order valence-corrected chi connectivity index (χ2v) is 8.36. The molecule has 1 atom stereocenters. The zero-order valence-electron chi connectivity index (χ0n) is 19.7. The molecule has 2 heterocycles. The quantitative estimate of drug-likeness (QED) is 0.619. The highest BCUT2D eigenvalue weighted by atomic mass is 16.7. The number of likely N-dealkylation sites (N-methyl/N-ethyl adjacent to an activating group) is 1. The van der Waals surface area contributed by atoms with Crippen LogP contribution in [-0.2, 0) is 11.3 Å². The lowest BCUT2D eigenvalue weighted by atomic mass is 10.0. The molecule has 0 saturated carbocycles. The highest BCUT2D eigenvalue weighted by molar-refractivity contribution is 5.77. The van der Waals surface area contributed by atoms with Gasteiger partial charge < -0.3 is 29.7 Å². The number of ether oxygens (including phenoxy) is 3. The molecule has 0 spiro atoms. The summed E-state index contributed by atoms with van der Waals surface area (Å²) in [6, 6.07) is 13.2. The Kier molecular flexibility index (Phi) is 7.74. The van der Waals surface area contributed by atoms with E-state index < -0.39 is 0 Å². The van der Waals surface area contributed by atoms with E-state index in [4.69, 9.17) is 14.2 Å². The van der Waals surface area contributed by atoms with Crippen molar-refractivity contribution in [2.75, 3.05) is 46.6 Å². The summed E-state index contributed by atoms with van der Waals surface area (Å²) >= 11 is 0. The van der Waals surface area contributed by atoms with Gasteiger partial charge in [-0.15, -0.1) is 0 Å². The molecule has 2 aliphatic rings. The minimum absolute atomic E-state index is 0.0662. The molecule has 1 saturated heterocycles. The molecule has 3 amide bonds. The van der Waals surface area contributed by atoms with Crippen molar-refractivity contribution in [1.82, 2.24) is 20.4 Å². The highest BCUT2D eigenvalue weighted by Crippen LogP contribution is 2.33. The predicted molar refractivity (Wildman–Crippen MR) is 127 cm³/mol. The number of hydrogen-bond acceptors (Lipinski definition) is 6. The first-order valence-corrected chi connectivity index (χ1v) is 11.7. The van der Waals surface area contributed by atoms with E-state index in [-0.39, 0.29) is 31.4 Å². The van der Waals surface area contributed by atoms with Crippen LogP contribution in [0.4, 0.5) is 4.79 Å². The van der Waals surface area contributed by atoms with Gasteiger partial charge in [-0.1, -0.05) is 31.2 Å². The van der Waals surface area contributed by atoms with Gasteiger partial charge in [0.25, 0.3) is 5.91 Å². The van der Waals surface area contributed by atoms with Gasteiger partial charge in [0.1, 0.15) is 5.75 Å². The molecule has 1 unspecified atom stereocenters. The average Bonchev–Trinajstić information content (AvgIpc) is 3.34. The molecule has 1 fully saturated rings. The third-order valence-electron chi connectivity index (χ3n) is 6.14. The second-order valence-electron chi connectivity index (χ2n) is 8.36. The first-order chi connectivity index (χ1) is 16.6. The van der Waals surface area contributed by atoms with Crippen molar-refractivity contribution in [1.29, 1.82) is 0 Å². The Bertz CT molecular complexity index is 1010. The Hall–Kier alpha value is -3.46. The largest absolute Gasteiger partial charge is 0.483 e. The summed E-state index contributed by atoms with van der Waals surface area (Å²) in [5, 5.41) is 5.69. The Labute approximate surface area is 200 Å². The van der Waals surface area contributed by atoms with Crippen LogP contribution in [0.2, 0.25) is 0 Å². The summed E-state index contributed by atoms with van der Waals surface area (Å²) < 4.78 is 16.5. The first-order valence-electron chi connectivity index (χ1n) is 11.7. The third kappa shape index (κ3) is 5.72. The average molecular weight is 469 g/mol. The number of urea groups is 1. The number of amides is 3. The summed E-state index contributed by atoms with van der Waals surface area (Å²) in [5.41, 5.74) is 2.03. The Morgan fingerprint density at radius 2 is 1.82 bits per heavy atom. The fourth-order valence-electron chi connectivity index (χ4n) is 4.16. The smallest absolute Gasteiger partial charge is 0.317 e. The van der Waals surface area contributed by atoms with E-state index in [0.717, 1.165) is 36.7 Å². The number of piperazine rings is 1. The van der Waals surface area contributed by atoms with Gasteiger partial charge in [0.15, 0.2) is 18.1 Å². The van der Waals surface area contributed by atoms with Crippen molar-refractivity contribution in [2.45, 2.75) is 25.9 Å². The number of carbonyl (C=O) groups is 2. The molecular formula is C25H32N4O5. The normalized spacial score (nSPS) is 16.1. The zero-order chi connectivity index (χ0) is 23.9. The van der Waals surface area contributed by atoms with Gasteiger partial charge >= 0.3 is 6.03 Å². The summed E-state index contributed by atoms with van der Waals surface area (Å²) in [6.07, 6.45) is 0.705. The number of rotatable bonds is 8. The standard InChI is InChI=1S/C25H32N4O5/c1-3-20(19-6-4-5-7-21(19)32-16-24(30)26-2)27-25(31)29-12-10-28(11-13-29)15-18-8-9-22-23(14-18)34-17-33-22/h4-9,14,20H,3,10-13,15-17H2,1-2H3,(H,26,30)(H,27,31). The fourth-order valence-corrected chi connectivity index (χ4v) is 4.16. The molecule has 0 radical (unpaired) electrons. The van der Waals surface area contributed by atoms with E-state index in [2.05, 4.69) is 21.6 Å². The molecule has 0 bridgehead atoms. The Morgan fingerprint density at radius 3 is 2.59 bits per heavy atom. The maximum absolute atomic E-state index is 13.0. The van der Waals surface area contributed by atoms with Gasteiger partial charge in [-0.3, -0.25) is 9.69 Å². The molecule has 0 aliphatic carbocycles. The van der Waals surface area contributed by atoms with Gasteiger partial charge in [-0.2, -0.15) is 0 Å². The molecule has 0 aromatic heterocycles. The van der Waals surface area contributed by atoms with Crippen molar-refractivity contribution < 1.29 is 23.8 Å². The van der Waals surface area contributed by atoms with Crippen LogP contribution >= 0.6 is 0 Å². The van der Waals surface area contributed by atoms with Crippen LogP contribution < -0.4 is 24.8 Å². The topological polar surface area (TPSA) is 92.4 Å². The monoisotopic (exact) mass is 468 g/mol. The number of carbonyl (C=O) groups excluding carboxylic acids is 2. The van der Waals surface area contributed by atoms with Gasteiger partial charge in [-0.25, -0.2) is 4.79 Å². The van der Waals surface area contributed by atoms with Crippen LogP contribution in [-0.4, -0.2) is 68.4 Å². The van der Waals surface area contributed by atoms with Gasteiger partial charge in [0.2, 0.25) is 6.79 Å². The van der Waals surface area contributed by atoms with Crippen LogP contribution in [0.25, 0.3) is 0 Å². The van der Waals surface area contributed by atoms with Crippen LogP contribution in [0.1, 0.15) is 30.5 Å². The highest BCUT2D eigenvalue weighted by Gasteiger charge is 2.25. The van der Waals surface area contributed by atoms with E-state index in [1.54, 1.807) is 7.05 Å². The minimum Gasteiger partial charge on any atom is -0.483 e. The minimum atomic E-state index is -0.208. The van der Waals surface area contributed by atoms with Crippen LogP contribution in [0.15, 0.2) is 42.5 Å². The number of nitrogens with zero attached hydrogens (tertiary/aromatic N) is 2. The van der Waals surface area contributed by atoms with Gasteiger partial charge in [0, 0.05) is 45.3 Å². The summed E-state index contributed by atoms with van der Waals surface area (Å²) in [6.45, 7) is 5.93. The summed E-state index contributed by atoms with van der Waals surface area (Å²) in [7, 11) is 1.57.